The van der Waals surface area contributed by atoms with Gasteiger partial charge >= 0.3 is 0 Å². The Hall–Kier alpha value is -3.37. The Bertz CT molecular complexity index is 1240. The van der Waals surface area contributed by atoms with Crippen LogP contribution in [0.4, 0.5) is 0 Å². The molecule has 2 aromatic carbocycles. The molecule has 0 atom stereocenters. The number of hydrogen-bond donors (Lipinski definition) is 1. The topological polar surface area (TPSA) is 111 Å². The minimum Gasteiger partial charge on any atom is -0.497 e. The predicted molar refractivity (Wildman–Crippen MR) is 129 cm³/mol. The number of nitrogens with zero attached hydrogens (tertiary/aromatic N) is 2. The van der Waals surface area contributed by atoms with Gasteiger partial charge in [0.05, 0.1) is 23.3 Å². The van der Waals surface area contributed by atoms with E-state index in [1.807, 2.05) is 13.8 Å². The molecule has 35 heavy (non-hydrogen) atoms. The Kier molecular flexibility index (Phi) is 7.42. The smallest absolute Gasteiger partial charge is 0.251 e. The number of piperidine rings is 1. The van der Waals surface area contributed by atoms with Gasteiger partial charge in [-0.15, -0.1) is 0 Å². The van der Waals surface area contributed by atoms with Crippen LogP contribution in [0, 0.1) is 13.8 Å². The SMILES string of the molecule is COc1ccc(S(=O)(=O)N2CCC(NC(=O)c3ccc(OCc4c(C)noc4C)cc3)CC2)cc1. The summed E-state index contributed by atoms with van der Waals surface area (Å²) >= 11 is 0. The van der Waals surface area contributed by atoms with Crippen molar-refractivity contribution in [1.29, 1.82) is 0 Å². The van der Waals surface area contributed by atoms with Crippen LogP contribution in [-0.4, -0.2) is 50.0 Å². The molecule has 1 amide bonds. The number of amides is 1. The minimum absolute atomic E-state index is 0.0970. The molecule has 0 saturated carbocycles. The molecule has 1 aromatic heterocycles. The van der Waals surface area contributed by atoms with E-state index in [1.54, 1.807) is 48.5 Å². The monoisotopic (exact) mass is 499 g/mol. The molecule has 1 aliphatic heterocycles. The van der Waals surface area contributed by atoms with Gasteiger partial charge in [-0.3, -0.25) is 4.79 Å². The largest absolute Gasteiger partial charge is 0.497 e. The van der Waals surface area contributed by atoms with Crippen molar-refractivity contribution in [3.8, 4) is 11.5 Å². The van der Waals surface area contributed by atoms with Gasteiger partial charge in [0, 0.05) is 24.7 Å². The van der Waals surface area contributed by atoms with E-state index in [0.717, 1.165) is 17.0 Å². The number of benzene rings is 2. The molecule has 1 N–H and O–H groups in total. The summed E-state index contributed by atoms with van der Waals surface area (Å²) in [5.41, 5.74) is 2.22. The second-order valence-corrected chi connectivity index (χ2v) is 10.4. The Balaban J connectivity index is 1.28. The first kappa shape index (κ1) is 24.7. The Morgan fingerprint density at radius 3 is 2.26 bits per heavy atom. The summed E-state index contributed by atoms with van der Waals surface area (Å²) in [5, 5.41) is 6.92. The van der Waals surface area contributed by atoms with Crippen molar-refractivity contribution in [1.82, 2.24) is 14.8 Å². The average Bonchev–Trinajstić information content (AvgIpc) is 3.20. The molecule has 1 saturated heterocycles. The number of aromatic nitrogens is 1. The molecule has 0 bridgehead atoms. The van der Waals surface area contributed by atoms with Gasteiger partial charge < -0.3 is 19.3 Å². The fraction of sp³-hybridized carbons (Fsp3) is 0.360. The highest BCUT2D eigenvalue weighted by Crippen LogP contribution is 2.23. The van der Waals surface area contributed by atoms with Crippen molar-refractivity contribution < 1.29 is 27.2 Å². The number of ether oxygens (including phenoxy) is 2. The van der Waals surface area contributed by atoms with E-state index in [-0.39, 0.29) is 16.8 Å². The Morgan fingerprint density at radius 1 is 1.06 bits per heavy atom. The van der Waals surface area contributed by atoms with E-state index in [1.165, 1.54) is 11.4 Å². The highest BCUT2D eigenvalue weighted by atomic mass is 32.2. The lowest BCUT2D eigenvalue weighted by atomic mass is 10.1. The normalized spacial score (nSPS) is 15.1. The number of nitrogens with one attached hydrogen (secondary N) is 1. The Labute approximate surface area is 205 Å². The maximum atomic E-state index is 12.9. The summed E-state index contributed by atoms with van der Waals surface area (Å²) in [4.78, 5) is 12.9. The summed E-state index contributed by atoms with van der Waals surface area (Å²) in [6, 6.07) is 13.2. The van der Waals surface area contributed by atoms with E-state index >= 15 is 0 Å². The number of carbonyl (C=O) groups excluding carboxylic acids is 1. The van der Waals surface area contributed by atoms with Gasteiger partial charge in [0.15, 0.2) is 0 Å². The quantitative estimate of drug-likeness (QED) is 0.505. The molecule has 2 heterocycles. The summed E-state index contributed by atoms with van der Waals surface area (Å²) < 4.78 is 43.3. The second kappa shape index (κ2) is 10.5. The number of sulfonamides is 1. The van der Waals surface area contributed by atoms with Crippen LogP contribution in [0.3, 0.4) is 0 Å². The third kappa shape index (κ3) is 5.66. The van der Waals surface area contributed by atoms with Gasteiger partial charge in [-0.1, -0.05) is 5.16 Å². The summed E-state index contributed by atoms with van der Waals surface area (Å²) in [6.45, 7) is 4.72. The van der Waals surface area contributed by atoms with Crippen LogP contribution in [0.2, 0.25) is 0 Å². The molecule has 0 unspecified atom stereocenters. The molecule has 4 rings (SSSR count). The molecule has 186 valence electrons. The number of carbonyl (C=O) groups is 1. The van der Waals surface area contributed by atoms with Gasteiger partial charge in [0.2, 0.25) is 10.0 Å². The lowest BCUT2D eigenvalue weighted by Gasteiger charge is -2.31. The lowest BCUT2D eigenvalue weighted by molar-refractivity contribution is 0.0924. The van der Waals surface area contributed by atoms with Crippen LogP contribution >= 0.6 is 0 Å². The van der Waals surface area contributed by atoms with E-state index in [9.17, 15) is 13.2 Å². The van der Waals surface area contributed by atoms with Crippen LogP contribution < -0.4 is 14.8 Å². The molecule has 0 radical (unpaired) electrons. The highest BCUT2D eigenvalue weighted by molar-refractivity contribution is 7.89. The first-order valence-corrected chi connectivity index (χ1v) is 12.8. The zero-order chi connectivity index (χ0) is 25.0. The van der Waals surface area contributed by atoms with Crippen LogP contribution in [-0.2, 0) is 16.6 Å². The number of aryl methyl sites for hydroxylation is 2. The third-order valence-electron chi connectivity index (χ3n) is 6.17. The minimum atomic E-state index is -3.58. The van der Waals surface area contributed by atoms with Crippen molar-refractivity contribution in [3.63, 3.8) is 0 Å². The number of rotatable bonds is 8. The molecule has 0 aliphatic carbocycles. The fourth-order valence-electron chi connectivity index (χ4n) is 3.97. The van der Waals surface area contributed by atoms with E-state index in [2.05, 4.69) is 10.5 Å². The molecular formula is C25H29N3O6S. The van der Waals surface area contributed by atoms with Gasteiger partial charge in [-0.25, -0.2) is 8.42 Å². The highest BCUT2D eigenvalue weighted by Gasteiger charge is 2.30. The Morgan fingerprint density at radius 2 is 1.69 bits per heavy atom. The maximum Gasteiger partial charge on any atom is 0.251 e. The fourth-order valence-corrected chi connectivity index (χ4v) is 5.44. The van der Waals surface area contributed by atoms with Crippen molar-refractivity contribution in [3.05, 3.63) is 71.1 Å². The van der Waals surface area contributed by atoms with Gasteiger partial charge in [0.25, 0.3) is 5.91 Å². The van der Waals surface area contributed by atoms with Gasteiger partial charge in [-0.05, 0) is 75.2 Å². The van der Waals surface area contributed by atoms with Crippen LogP contribution in [0.15, 0.2) is 57.9 Å². The van der Waals surface area contributed by atoms with Crippen molar-refractivity contribution >= 4 is 15.9 Å². The van der Waals surface area contributed by atoms with E-state index in [4.69, 9.17) is 14.0 Å². The zero-order valence-electron chi connectivity index (χ0n) is 20.0. The first-order valence-electron chi connectivity index (χ1n) is 11.4. The average molecular weight is 500 g/mol. The van der Waals surface area contributed by atoms with Gasteiger partial charge in [0.1, 0.15) is 23.9 Å². The summed E-state index contributed by atoms with van der Waals surface area (Å²) in [5.74, 6) is 1.77. The molecule has 3 aromatic rings. The van der Waals surface area contributed by atoms with Crippen molar-refractivity contribution in [2.45, 2.75) is 44.2 Å². The molecule has 1 aliphatic rings. The van der Waals surface area contributed by atoms with Crippen molar-refractivity contribution in [2.75, 3.05) is 20.2 Å². The van der Waals surface area contributed by atoms with Crippen LogP contribution in [0.1, 0.15) is 40.2 Å². The second-order valence-electron chi connectivity index (χ2n) is 8.44. The zero-order valence-corrected chi connectivity index (χ0v) is 20.8. The first-order chi connectivity index (χ1) is 16.8. The number of methoxy groups -OCH3 is 1. The lowest BCUT2D eigenvalue weighted by Crippen LogP contribution is -2.46. The number of hydrogen-bond acceptors (Lipinski definition) is 7. The third-order valence-corrected chi connectivity index (χ3v) is 8.08. The standard InChI is InChI=1S/C25H29N3O6S/c1-17-24(18(2)34-27-17)16-33-22-6-4-19(5-7-22)25(29)26-20-12-14-28(15-13-20)35(30,31)23-10-8-21(32-3)9-11-23/h4-11,20H,12-16H2,1-3H3,(H,26,29). The maximum absolute atomic E-state index is 12.9. The molecule has 1 fully saturated rings. The molecule has 0 spiro atoms. The van der Waals surface area contributed by atoms with Crippen LogP contribution in [0.5, 0.6) is 11.5 Å². The molecular weight excluding hydrogens is 470 g/mol. The van der Waals surface area contributed by atoms with Gasteiger partial charge in [-0.2, -0.15) is 4.31 Å². The predicted octanol–water partition coefficient (Wildman–Crippen LogP) is 3.46. The van der Waals surface area contributed by atoms with E-state index < -0.39 is 10.0 Å². The molecule has 10 heteroatoms. The summed E-state index contributed by atoms with van der Waals surface area (Å²) in [7, 11) is -2.05. The van der Waals surface area contributed by atoms with E-state index in [0.29, 0.717) is 49.6 Å². The summed E-state index contributed by atoms with van der Waals surface area (Å²) in [6.07, 6.45) is 1.08. The molecule has 9 nitrogen and oxygen atoms in total. The van der Waals surface area contributed by atoms with Crippen LogP contribution in [0.25, 0.3) is 0 Å². The van der Waals surface area contributed by atoms with Crippen molar-refractivity contribution in [2.24, 2.45) is 0 Å².